The van der Waals surface area contributed by atoms with Crippen molar-refractivity contribution in [1.29, 1.82) is 0 Å². The van der Waals surface area contributed by atoms with Crippen LogP contribution in [0.25, 0.3) is 0 Å². The summed E-state index contributed by atoms with van der Waals surface area (Å²) in [7, 11) is 0. The van der Waals surface area contributed by atoms with Crippen molar-refractivity contribution in [2.45, 2.75) is 52.9 Å². The van der Waals surface area contributed by atoms with Crippen molar-refractivity contribution in [3.8, 4) is 0 Å². The fraction of sp³-hybridized carbons (Fsp3) is 0.310. The standard InChI is InChI=1S/C29H32FN3O4/c1-4-6-24(34)16-23-17-27(32-22-12-13-26(30)19(3)15-22)25(18-31-23)29(36)33-21-10-7-20(8-11-21)9-14-28(35)37-5-2/h7-8,10-13,15,17-18H,4-6,9,14,16H2,1-3H3,(H,31,32)(H,33,36). The summed E-state index contributed by atoms with van der Waals surface area (Å²) in [6.45, 7) is 5.72. The molecule has 0 radical (unpaired) electrons. The van der Waals surface area contributed by atoms with Crippen LogP contribution in [0.1, 0.15) is 60.3 Å². The number of hydrogen-bond donors (Lipinski definition) is 2. The van der Waals surface area contributed by atoms with E-state index in [1.54, 1.807) is 44.2 Å². The lowest BCUT2D eigenvalue weighted by molar-refractivity contribution is -0.143. The molecule has 3 aromatic rings. The molecule has 0 aliphatic rings. The third-order valence-corrected chi connectivity index (χ3v) is 5.68. The van der Waals surface area contributed by atoms with Gasteiger partial charge in [-0.2, -0.15) is 0 Å². The first-order valence-corrected chi connectivity index (χ1v) is 12.4. The molecule has 8 heteroatoms. The molecule has 0 saturated carbocycles. The zero-order chi connectivity index (χ0) is 26.8. The number of rotatable bonds is 12. The third kappa shape index (κ3) is 8.24. The van der Waals surface area contributed by atoms with Crippen LogP contribution in [0, 0.1) is 12.7 Å². The monoisotopic (exact) mass is 505 g/mol. The maximum absolute atomic E-state index is 13.8. The largest absolute Gasteiger partial charge is 0.466 e. The smallest absolute Gasteiger partial charge is 0.306 e. The highest BCUT2D eigenvalue weighted by Crippen LogP contribution is 2.25. The number of ether oxygens (including phenoxy) is 1. The van der Waals surface area contributed by atoms with Crippen LogP contribution in [-0.4, -0.2) is 29.3 Å². The number of aryl methyl sites for hydroxylation is 2. The second-order valence-corrected chi connectivity index (χ2v) is 8.73. The second-order valence-electron chi connectivity index (χ2n) is 8.73. The van der Waals surface area contributed by atoms with Crippen molar-refractivity contribution >= 4 is 34.7 Å². The molecule has 7 nitrogen and oxygen atoms in total. The summed E-state index contributed by atoms with van der Waals surface area (Å²) >= 11 is 0. The summed E-state index contributed by atoms with van der Waals surface area (Å²) in [6, 6.07) is 13.5. The summed E-state index contributed by atoms with van der Waals surface area (Å²) in [5, 5.41) is 6.04. The first-order chi connectivity index (χ1) is 17.8. The number of carbonyl (C=O) groups is 3. The van der Waals surface area contributed by atoms with Gasteiger partial charge >= 0.3 is 5.97 Å². The number of hydrogen-bond acceptors (Lipinski definition) is 6. The minimum Gasteiger partial charge on any atom is -0.466 e. The van der Waals surface area contributed by atoms with Crippen LogP contribution in [0.4, 0.5) is 21.5 Å². The number of ketones is 1. The second kappa shape index (κ2) is 13.3. The van der Waals surface area contributed by atoms with Gasteiger partial charge in [-0.25, -0.2) is 4.39 Å². The van der Waals surface area contributed by atoms with E-state index in [1.807, 2.05) is 19.1 Å². The Kier molecular flexibility index (Phi) is 9.89. The number of aromatic nitrogens is 1. The zero-order valence-electron chi connectivity index (χ0n) is 21.4. The van der Waals surface area contributed by atoms with E-state index in [4.69, 9.17) is 4.74 Å². The fourth-order valence-corrected chi connectivity index (χ4v) is 3.76. The molecule has 0 bridgehead atoms. The summed E-state index contributed by atoms with van der Waals surface area (Å²) in [4.78, 5) is 41.2. The highest BCUT2D eigenvalue weighted by atomic mass is 19.1. The van der Waals surface area contributed by atoms with E-state index >= 15 is 0 Å². The van der Waals surface area contributed by atoms with Crippen molar-refractivity contribution in [2.24, 2.45) is 0 Å². The van der Waals surface area contributed by atoms with Gasteiger partial charge in [-0.05, 0) is 74.2 Å². The van der Waals surface area contributed by atoms with Gasteiger partial charge in [0.25, 0.3) is 5.91 Å². The number of anilines is 3. The average molecular weight is 506 g/mol. The van der Waals surface area contributed by atoms with E-state index in [9.17, 15) is 18.8 Å². The number of nitrogens with one attached hydrogen (secondary N) is 2. The van der Waals surface area contributed by atoms with Crippen LogP contribution in [0.5, 0.6) is 0 Å². The quantitative estimate of drug-likeness (QED) is 0.296. The molecule has 0 saturated heterocycles. The van der Waals surface area contributed by atoms with Crippen LogP contribution >= 0.6 is 0 Å². The van der Waals surface area contributed by atoms with E-state index in [1.165, 1.54) is 12.3 Å². The lowest BCUT2D eigenvalue weighted by Crippen LogP contribution is -2.15. The van der Waals surface area contributed by atoms with Crippen molar-refractivity contribution in [3.05, 3.63) is 82.9 Å². The van der Waals surface area contributed by atoms with E-state index in [0.29, 0.717) is 47.8 Å². The molecule has 1 heterocycles. The Hall–Kier alpha value is -4.07. The van der Waals surface area contributed by atoms with Crippen LogP contribution in [0.2, 0.25) is 0 Å². The maximum Gasteiger partial charge on any atom is 0.306 e. The average Bonchev–Trinajstić information content (AvgIpc) is 2.86. The lowest BCUT2D eigenvalue weighted by Gasteiger charge is -2.14. The SMILES string of the molecule is CCCC(=O)Cc1cc(Nc2ccc(F)c(C)c2)c(C(=O)Nc2ccc(CCC(=O)OCC)cc2)cn1. The highest BCUT2D eigenvalue weighted by Gasteiger charge is 2.16. The van der Waals surface area contributed by atoms with Crippen molar-refractivity contribution in [2.75, 3.05) is 17.2 Å². The van der Waals surface area contributed by atoms with Gasteiger partial charge in [-0.3, -0.25) is 19.4 Å². The maximum atomic E-state index is 13.8. The summed E-state index contributed by atoms with van der Waals surface area (Å²) in [5.74, 6) is -0.892. The van der Waals surface area contributed by atoms with Gasteiger partial charge in [0, 0.05) is 42.5 Å². The normalized spacial score (nSPS) is 10.6. The van der Waals surface area contributed by atoms with E-state index in [2.05, 4.69) is 15.6 Å². The number of halogens is 1. The predicted octanol–water partition coefficient (Wildman–Crippen LogP) is 5.93. The fourth-order valence-electron chi connectivity index (χ4n) is 3.76. The van der Waals surface area contributed by atoms with Crippen molar-refractivity contribution in [3.63, 3.8) is 0 Å². The number of amides is 1. The predicted molar refractivity (Wildman–Crippen MR) is 142 cm³/mol. The number of Topliss-reactive ketones (excluding diaryl/α,β-unsaturated/α-hetero) is 1. The van der Waals surface area contributed by atoms with Crippen molar-refractivity contribution in [1.82, 2.24) is 4.98 Å². The minimum absolute atomic E-state index is 0.0684. The Labute approximate surface area is 216 Å². The molecule has 37 heavy (non-hydrogen) atoms. The van der Waals surface area contributed by atoms with Gasteiger partial charge < -0.3 is 15.4 Å². The molecule has 3 rings (SSSR count). The first-order valence-electron chi connectivity index (χ1n) is 12.4. The van der Waals surface area contributed by atoms with Crippen molar-refractivity contribution < 1.29 is 23.5 Å². The zero-order valence-corrected chi connectivity index (χ0v) is 21.4. The van der Waals surface area contributed by atoms with E-state index in [-0.39, 0.29) is 41.9 Å². The summed E-state index contributed by atoms with van der Waals surface area (Å²) in [6.07, 6.45) is 3.65. The number of esters is 1. The minimum atomic E-state index is -0.389. The molecule has 1 aromatic heterocycles. The molecule has 1 amide bonds. The number of nitrogens with zero attached hydrogens (tertiary/aromatic N) is 1. The number of carbonyl (C=O) groups excluding carboxylic acids is 3. The Morgan fingerprint density at radius 1 is 0.973 bits per heavy atom. The van der Waals surface area contributed by atoms with E-state index in [0.717, 1.165) is 12.0 Å². The molecular weight excluding hydrogens is 473 g/mol. The molecular formula is C29H32FN3O4. The van der Waals surface area contributed by atoms with Crippen LogP contribution in [0.15, 0.2) is 54.7 Å². The van der Waals surface area contributed by atoms with Crippen LogP contribution < -0.4 is 10.6 Å². The van der Waals surface area contributed by atoms with E-state index < -0.39 is 0 Å². The Morgan fingerprint density at radius 2 is 1.70 bits per heavy atom. The van der Waals surface area contributed by atoms with Gasteiger partial charge in [-0.15, -0.1) is 0 Å². The number of benzene rings is 2. The molecule has 2 aromatic carbocycles. The van der Waals surface area contributed by atoms with Gasteiger partial charge in [0.2, 0.25) is 0 Å². The summed E-state index contributed by atoms with van der Waals surface area (Å²) < 4.78 is 18.7. The van der Waals surface area contributed by atoms with Crippen LogP contribution in [-0.2, 0) is 27.2 Å². The Bertz CT molecular complexity index is 1260. The molecule has 0 fully saturated rings. The first kappa shape index (κ1) is 27.5. The number of pyridine rings is 1. The van der Waals surface area contributed by atoms with Gasteiger partial charge in [-0.1, -0.05) is 19.1 Å². The lowest BCUT2D eigenvalue weighted by atomic mass is 10.1. The molecule has 0 spiro atoms. The Morgan fingerprint density at radius 3 is 2.38 bits per heavy atom. The van der Waals surface area contributed by atoms with Gasteiger partial charge in [0.05, 0.1) is 17.9 Å². The molecule has 2 N–H and O–H groups in total. The summed E-state index contributed by atoms with van der Waals surface area (Å²) in [5.41, 5.74) is 3.88. The highest BCUT2D eigenvalue weighted by molar-refractivity contribution is 6.08. The third-order valence-electron chi connectivity index (χ3n) is 5.68. The Balaban J connectivity index is 1.79. The molecule has 0 unspecified atom stereocenters. The molecule has 194 valence electrons. The van der Waals surface area contributed by atoms with Gasteiger partial charge in [0.1, 0.15) is 11.6 Å². The van der Waals surface area contributed by atoms with Crippen LogP contribution in [0.3, 0.4) is 0 Å². The molecule has 0 aliphatic carbocycles. The molecule has 0 atom stereocenters. The van der Waals surface area contributed by atoms with Gasteiger partial charge in [0.15, 0.2) is 0 Å². The molecule has 0 aliphatic heterocycles. The topological polar surface area (TPSA) is 97.4 Å².